The molecule has 0 aliphatic rings. The molecule has 1 amide bonds. The Morgan fingerprint density at radius 3 is 2.60 bits per heavy atom. The molecule has 0 heterocycles. The summed E-state index contributed by atoms with van der Waals surface area (Å²) in [7, 11) is 0. The Morgan fingerprint density at radius 1 is 1.35 bits per heavy atom. The zero-order chi connectivity index (χ0) is 15.2. The topological polar surface area (TPSA) is 49.3 Å². The first-order valence-electron chi connectivity index (χ1n) is 7.26. The number of aryl methyl sites for hydroxylation is 2. The minimum absolute atomic E-state index is 0.00649. The van der Waals surface area contributed by atoms with Crippen LogP contribution in [-0.4, -0.2) is 23.7 Å². The average Bonchev–Trinajstić information content (AvgIpc) is 2.34. The van der Waals surface area contributed by atoms with Crippen LogP contribution in [0.1, 0.15) is 44.7 Å². The van der Waals surface area contributed by atoms with Gasteiger partial charge in [-0.1, -0.05) is 50.6 Å². The maximum absolute atomic E-state index is 11.9. The molecule has 0 fully saturated rings. The maximum atomic E-state index is 11.9. The van der Waals surface area contributed by atoms with Gasteiger partial charge in [0.15, 0.2) is 0 Å². The Kier molecular flexibility index (Phi) is 6.21. The molecule has 0 saturated carbocycles. The number of rotatable bonds is 6. The minimum atomic E-state index is -0.153. The third-order valence-electron chi connectivity index (χ3n) is 3.17. The molecule has 2 N–H and O–H groups in total. The van der Waals surface area contributed by atoms with E-state index >= 15 is 0 Å². The van der Waals surface area contributed by atoms with E-state index < -0.39 is 0 Å². The van der Waals surface area contributed by atoms with E-state index in [-0.39, 0.29) is 24.0 Å². The van der Waals surface area contributed by atoms with Gasteiger partial charge in [-0.2, -0.15) is 0 Å². The van der Waals surface area contributed by atoms with Crippen LogP contribution in [0.4, 0.5) is 0 Å². The second-order valence-corrected chi connectivity index (χ2v) is 6.70. The molecule has 3 heteroatoms. The Balaban J connectivity index is 2.42. The smallest absolute Gasteiger partial charge is 0.220 e. The van der Waals surface area contributed by atoms with Crippen molar-refractivity contribution < 1.29 is 9.90 Å². The van der Waals surface area contributed by atoms with Crippen molar-refractivity contribution in [2.75, 3.05) is 6.61 Å². The normalized spacial score (nSPS) is 13.1. The van der Waals surface area contributed by atoms with Crippen LogP contribution in [0, 0.1) is 12.3 Å². The molecular formula is C17H27NO2. The summed E-state index contributed by atoms with van der Waals surface area (Å²) in [5.41, 5.74) is 2.48. The van der Waals surface area contributed by atoms with Gasteiger partial charge in [-0.25, -0.2) is 0 Å². The molecule has 1 aromatic rings. The predicted molar refractivity (Wildman–Crippen MR) is 82.6 cm³/mol. The molecule has 0 aliphatic heterocycles. The Hall–Kier alpha value is -1.35. The van der Waals surface area contributed by atoms with Crippen molar-refractivity contribution >= 4 is 5.91 Å². The molecule has 1 rings (SSSR count). The molecule has 0 saturated heterocycles. The average molecular weight is 277 g/mol. The monoisotopic (exact) mass is 277 g/mol. The number of aliphatic hydroxyl groups is 1. The molecule has 112 valence electrons. The van der Waals surface area contributed by atoms with E-state index in [0.29, 0.717) is 6.42 Å². The van der Waals surface area contributed by atoms with E-state index in [9.17, 15) is 9.90 Å². The summed E-state index contributed by atoms with van der Waals surface area (Å²) in [4.78, 5) is 11.9. The predicted octanol–water partition coefficient (Wildman–Crippen LogP) is 2.84. The summed E-state index contributed by atoms with van der Waals surface area (Å²) in [6, 6.07) is 8.05. The van der Waals surface area contributed by atoms with E-state index in [0.717, 1.165) is 12.8 Å². The zero-order valence-electron chi connectivity index (χ0n) is 13.1. The van der Waals surface area contributed by atoms with Gasteiger partial charge in [-0.15, -0.1) is 0 Å². The fraction of sp³-hybridized carbons (Fsp3) is 0.588. The summed E-state index contributed by atoms with van der Waals surface area (Å²) in [6.45, 7) is 8.36. The quantitative estimate of drug-likeness (QED) is 0.840. The van der Waals surface area contributed by atoms with Gasteiger partial charge in [-0.05, 0) is 30.7 Å². The first kappa shape index (κ1) is 16.7. The number of carbonyl (C=O) groups excluding carboxylic acids is 1. The van der Waals surface area contributed by atoms with E-state index in [1.165, 1.54) is 11.1 Å². The highest BCUT2D eigenvalue weighted by atomic mass is 16.3. The van der Waals surface area contributed by atoms with Crippen LogP contribution in [0.3, 0.4) is 0 Å². The number of amides is 1. The van der Waals surface area contributed by atoms with Crippen LogP contribution in [-0.2, 0) is 11.2 Å². The lowest BCUT2D eigenvalue weighted by Gasteiger charge is -2.25. The van der Waals surface area contributed by atoms with Gasteiger partial charge in [0.1, 0.15) is 0 Å². The molecule has 1 atom stereocenters. The molecule has 3 nitrogen and oxygen atoms in total. The lowest BCUT2D eigenvalue weighted by molar-refractivity contribution is -0.122. The Morgan fingerprint density at radius 2 is 2.05 bits per heavy atom. The Bertz CT molecular complexity index is 435. The van der Waals surface area contributed by atoms with Gasteiger partial charge in [0.2, 0.25) is 5.91 Å². The summed E-state index contributed by atoms with van der Waals surface area (Å²) < 4.78 is 0. The van der Waals surface area contributed by atoms with Crippen LogP contribution in [0.2, 0.25) is 0 Å². The standard InChI is InChI=1S/C17H27NO2/c1-13-6-5-7-14(10-13)8-9-16(20)18-15(12-19)11-17(2,3)4/h5-7,10,15,19H,8-9,11-12H2,1-4H3,(H,18,20). The lowest BCUT2D eigenvalue weighted by atomic mass is 9.88. The summed E-state index contributed by atoms with van der Waals surface area (Å²) in [5, 5.41) is 12.3. The lowest BCUT2D eigenvalue weighted by Crippen LogP contribution is -2.40. The maximum Gasteiger partial charge on any atom is 0.220 e. The highest BCUT2D eigenvalue weighted by Crippen LogP contribution is 2.20. The van der Waals surface area contributed by atoms with E-state index in [1.807, 2.05) is 12.1 Å². The molecular weight excluding hydrogens is 250 g/mol. The highest BCUT2D eigenvalue weighted by molar-refractivity contribution is 5.76. The van der Waals surface area contributed by atoms with Crippen LogP contribution < -0.4 is 5.32 Å². The highest BCUT2D eigenvalue weighted by Gasteiger charge is 2.19. The largest absolute Gasteiger partial charge is 0.394 e. The van der Waals surface area contributed by atoms with Gasteiger partial charge >= 0.3 is 0 Å². The Labute approximate surface area is 122 Å². The molecule has 0 aromatic heterocycles. The van der Waals surface area contributed by atoms with Crippen molar-refractivity contribution in [1.29, 1.82) is 0 Å². The van der Waals surface area contributed by atoms with Gasteiger partial charge in [0, 0.05) is 6.42 Å². The number of carbonyl (C=O) groups is 1. The number of nitrogens with one attached hydrogen (secondary N) is 1. The third-order valence-corrected chi connectivity index (χ3v) is 3.17. The number of benzene rings is 1. The molecule has 0 spiro atoms. The number of hydrogen-bond donors (Lipinski definition) is 2. The van der Waals surface area contributed by atoms with E-state index in [2.05, 4.69) is 45.1 Å². The van der Waals surface area contributed by atoms with E-state index in [4.69, 9.17) is 0 Å². The van der Waals surface area contributed by atoms with Crippen molar-refractivity contribution in [3.8, 4) is 0 Å². The van der Waals surface area contributed by atoms with Gasteiger partial charge < -0.3 is 10.4 Å². The minimum Gasteiger partial charge on any atom is -0.394 e. The van der Waals surface area contributed by atoms with E-state index in [1.54, 1.807) is 0 Å². The number of hydrogen-bond acceptors (Lipinski definition) is 2. The van der Waals surface area contributed by atoms with Gasteiger partial charge in [0.25, 0.3) is 0 Å². The van der Waals surface area contributed by atoms with Crippen molar-refractivity contribution in [1.82, 2.24) is 5.32 Å². The third kappa shape index (κ3) is 6.71. The van der Waals surface area contributed by atoms with Gasteiger partial charge in [-0.3, -0.25) is 4.79 Å². The van der Waals surface area contributed by atoms with Gasteiger partial charge in [0.05, 0.1) is 12.6 Å². The molecule has 1 aromatic carbocycles. The first-order chi connectivity index (χ1) is 9.30. The van der Waals surface area contributed by atoms with Crippen LogP contribution >= 0.6 is 0 Å². The number of aliphatic hydroxyl groups excluding tert-OH is 1. The van der Waals surface area contributed by atoms with Crippen molar-refractivity contribution in [3.63, 3.8) is 0 Å². The second-order valence-electron chi connectivity index (χ2n) is 6.70. The fourth-order valence-electron chi connectivity index (χ4n) is 2.33. The summed E-state index contributed by atoms with van der Waals surface area (Å²) in [5.74, 6) is 0.00908. The summed E-state index contributed by atoms with van der Waals surface area (Å²) in [6.07, 6.45) is 1.98. The SMILES string of the molecule is Cc1cccc(CCC(=O)NC(CO)CC(C)(C)C)c1. The van der Waals surface area contributed by atoms with Crippen molar-refractivity contribution in [2.24, 2.45) is 5.41 Å². The van der Waals surface area contributed by atoms with Crippen LogP contribution in [0.5, 0.6) is 0 Å². The van der Waals surface area contributed by atoms with Crippen LogP contribution in [0.25, 0.3) is 0 Å². The molecule has 0 radical (unpaired) electrons. The zero-order valence-corrected chi connectivity index (χ0v) is 13.1. The summed E-state index contributed by atoms with van der Waals surface area (Å²) >= 11 is 0. The molecule has 0 aliphatic carbocycles. The molecule has 1 unspecified atom stereocenters. The fourth-order valence-corrected chi connectivity index (χ4v) is 2.33. The first-order valence-corrected chi connectivity index (χ1v) is 7.26. The van der Waals surface area contributed by atoms with Crippen molar-refractivity contribution in [3.05, 3.63) is 35.4 Å². The molecule has 0 bridgehead atoms. The second kappa shape index (κ2) is 7.44. The molecule has 20 heavy (non-hydrogen) atoms. The van der Waals surface area contributed by atoms with Crippen molar-refractivity contribution in [2.45, 2.75) is 53.0 Å². The van der Waals surface area contributed by atoms with Crippen LogP contribution in [0.15, 0.2) is 24.3 Å².